The van der Waals surface area contributed by atoms with Gasteiger partial charge in [-0.2, -0.15) is 0 Å². The van der Waals surface area contributed by atoms with Crippen LogP contribution in [-0.2, 0) is 11.3 Å². The van der Waals surface area contributed by atoms with E-state index in [1.54, 1.807) is 0 Å². The van der Waals surface area contributed by atoms with Gasteiger partial charge in [0.25, 0.3) is 0 Å². The Balaban J connectivity index is 1.67. The summed E-state index contributed by atoms with van der Waals surface area (Å²) in [5.41, 5.74) is 3.63. The summed E-state index contributed by atoms with van der Waals surface area (Å²) in [6.07, 6.45) is 1.92. The van der Waals surface area contributed by atoms with Gasteiger partial charge < -0.3 is 15.6 Å². The maximum absolute atomic E-state index is 12.6. The van der Waals surface area contributed by atoms with E-state index in [1.807, 2.05) is 75.5 Å². The van der Waals surface area contributed by atoms with Gasteiger partial charge in [0.1, 0.15) is 5.54 Å². The summed E-state index contributed by atoms with van der Waals surface area (Å²) in [6.45, 7) is 6.33. The molecule has 0 saturated heterocycles. The molecule has 0 aliphatic heterocycles. The highest BCUT2D eigenvalue weighted by molar-refractivity contribution is 5.89. The number of hydrogen-bond donors (Lipinski definition) is 3. The van der Waals surface area contributed by atoms with E-state index in [4.69, 9.17) is 0 Å². The van der Waals surface area contributed by atoms with Crippen molar-refractivity contribution in [2.24, 2.45) is 0 Å². The van der Waals surface area contributed by atoms with E-state index < -0.39 is 5.54 Å². The highest BCUT2D eigenvalue weighted by Crippen LogP contribution is 2.19. The molecule has 0 unspecified atom stereocenters. The zero-order chi connectivity index (χ0) is 17.2. The van der Waals surface area contributed by atoms with Gasteiger partial charge >= 0.3 is 0 Å². The summed E-state index contributed by atoms with van der Waals surface area (Å²) in [5, 5.41) is 7.47. The smallest absolute Gasteiger partial charge is 0.245 e. The van der Waals surface area contributed by atoms with Crippen LogP contribution in [0.5, 0.6) is 0 Å². The van der Waals surface area contributed by atoms with Gasteiger partial charge in [-0.05, 0) is 50.6 Å². The Morgan fingerprint density at radius 3 is 2.58 bits per heavy atom. The van der Waals surface area contributed by atoms with Crippen molar-refractivity contribution in [3.63, 3.8) is 0 Å². The first-order valence-corrected chi connectivity index (χ1v) is 8.14. The third-order valence-corrected chi connectivity index (χ3v) is 4.20. The Hall–Kier alpha value is -2.75. The number of anilines is 1. The number of nitrogens with one attached hydrogen (secondary N) is 3. The van der Waals surface area contributed by atoms with Crippen molar-refractivity contribution in [2.45, 2.75) is 32.9 Å². The maximum Gasteiger partial charge on any atom is 0.245 e. The van der Waals surface area contributed by atoms with E-state index in [0.29, 0.717) is 6.54 Å². The molecule has 1 aromatic heterocycles. The Bertz CT molecular complexity index is 847. The molecule has 4 nitrogen and oxygen atoms in total. The molecule has 0 fully saturated rings. The second-order valence-electron chi connectivity index (χ2n) is 6.65. The fourth-order valence-corrected chi connectivity index (χ4v) is 2.76. The van der Waals surface area contributed by atoms with Crippen LogP contribution in [0.25, 0.3) is 10.9 Å². The molecule has 3 N–H and O–H groups in total. The normalized spacial score (nSPS) is 11.5. The lowest BCUT2D eigenvalue weighted by molar-refractivity contribution is -0.124. The van der Waals surface area contributed by atoms with Crippen molar-refractivity contribution in [1.82, 2.24) is 10.3 Å². The number of rotatable bonds is 5. The molecule has 0 spiro atoms. The maximum atomic E-state index is 12.6. The van der Waals surface area contributed by atoms with Crippen molar-refractivity contribution in [1.29, 1.82) is 0 Å². The van der Waals surface area contributed by atoms with E-state index >= 15 is 0 Å². The fraction of sp³-hybridized carbons (Fsp3) is 0.250. The number of hydrogen-bond acceptors (Lipinski definition) is 2. The number of amides is 1. The average molecular weight is 321 g/mol. The summed E-state index contributed by atoms with van der Waals surface area (Å²) in [7, 11) is 0. The molecular weight excluding hydrogens is 298 g/mol. The van der Waals surface area contributed by atoms with Crippen molar-refractivity contribution < 1.29 is 4.79 Å². The van der Waals surface area contributed by atoms with Crippen LogP contribution >= 0.6 is 0 Å². The molecule has 0 saturated carbocycles. The van der Waals surface area contributed by atoms with Crippen LogP contribution in [0, 0.1) is 6.92 Å². The van der Waals surface area contributed by atoms with Crippen LogP contribution < -0.4 is 10.6 Å². The first-order chi connectivity index (χ1) is 11.5. The SMILES string of the molecule is Cc1ccc(NC(C)(C)C(=O)NCc2cccc3[nH]ccc23)cc1. The topological polar surface area (TPSA) is 56.9 Å². The Morgan fingerprint density at radius 2 is 1.83 bits per heavy atom. The average Bonchev–Trinajstić information content (AvgIpc) is 3.03. The molecule has 1 amide bonds. The second kappa shape index (κ2) is 6.40. The molecule has 0 radical (unpaired) electrons. The predicted octanol–water partition coefficient (Wildman–Crippen LogP) is 3.98. The number of fused-ring (bicyclic) bond motifs is 1. The molecule has 0 bridgehead atoms. The minimum Gasteiger partial charge on any atom is -0.372 e. The number of benzene rings is 2. The summed E-state index contributed by atoms with van der Waals surface area (Å²) in [4.78, 5) is 15.8. The Morgan fingerprint density at radius 1 is 1.08 bits per heavy atom. The number of aromatic amines is 1. The molecule has 3 rings (SSSR count). The molecular formula is C20H23N3O. The highest BCUT2D eigenvalue weighted by Gasteiger charge is 2.27. The summed E-state index contributed by atoms with van der Waals surface area (Å²) in [6, 6.07) is 16.1. The van der Waals surface area contributed by atoms with Crippen molar-refractivity contribution in [2.75, 3.05) is 5.32 Å². The van der Waals surface area contributed by atoms with E-state index in [2.05, 4.69) is 15.6 Å². The highest BCUT2D eigenvalue weighted by atomic mass is 16.2. The van der Waals surface area contributed by atoms with Crippen LogP contribution in [0.4, 0.5) is 5.69 Å². The molecule has 2 aromatic carbocycles. The number of aromatic nitrogens is 1. The van der Waals surface area contributed by atoms with E-state index in [0.717, 1.165) is 22.2 Å². The van der Waals surface area contributed by atoms with Crippen molar-refractivity contribution in [3.8, 4) is 0 Å². The van der Waals surface area contributed by atoms with Gasteiger partial charge in [-0.25, -0.2) is 0 Å². The summed E-state index contributed by atoms with van der Waals surface area (Å²) >= 11 is 0. The lowest BCUT2D eigenvalue weighted by Gasteiger charge is -2.26. The Labute approximate surface area is 142 Å². The second-order valence-corrected chi connectivity index (χ2v) is 6.65. The minimum atomic E-state index is -0.693. The van der Waals surface area contributed by atoms with E-state index in [9.17, 15) is 4.79 Å². The van der Waals surface area contributed by atoms with Gasteiger partial charge in [0.15, 0.2) is 0 Å². The van der Waals surface area contributed by atoms with Crippen LogP contribution in [0.15, 0.2) is 54.7 Å². The molecule has 0 aliphatic carbocycles. The van der Waals surface area contributed by atoms with Gasteiger partial charge in [-0.15, -0.1) is 0 Å². The fourth-order valence-electron chi connectivity index (χ4n) is 2.76. The predicted molar refractivity (Wildman–Crippen MR) is 99.0 cm³/mol. The molecule has 4 heteroatoms. The van der Waals surface area contributed by atoms with Gasteiger partial charge in [-0.1, -0.05) is 29.8 Å². The molecule has 124 valence electrons. The number of carbonyl (C=O) groups is 1. The largest absolute Gasteiger partial charge is 0.372 e. The van der Waals surface area contributed by atoms with Crippen molar-refractivity contribution in [3.05, 3.63) is 65.9 Å². The van der Waals surface area contributed by atoms with Crippen molar-refractivity contribution >= 4 is 22.5 Å². The molecule has 3 aromatic rings. The first kappa shape index (κ1) is 16.1. The quantitative estimate of drug-likeness (QED) is 0.665. The van der Waals surface area contributed by atoms with E-state index in [1.165, 1.54) is 5.56 Å². The Kier molecular flexibility index (Phi) is 4.30. The van der Waals surface area contributed by atoms with Crippen LogP contribution in [0.2, 0.25) is 0 Å². The summed E-state index contributed by atoms with van der Waals surface area (Å²) in [5.74, 6) is -0.0318. The number of aryl methyl sites for hydroxylation is 1. The van der Waals surface area contributed by atoms with Crippen LogP contribution in [0.3, 0.4) is 0 Å². The third-order valence-electron chi connectivity index (χ3n) is 4.20. The minimum absolute atomic E-state index is 0.0318. The molecule has 0 aliphatic rings. The molecule has 0 atom stereocenters. The van der Waals surface area contributed by atoms with Gasteiger partial charge in [0, 0.05) is 29.3 Å². The van der Waals surface area contributed by atoms with Crippen LogP contribution in [0.1, 0.15) is 25.0 Å². The first-order valence-electron chi connectivity index (χ1n) is 8.14. The number of carbonyl (C=O) groups excluding carboxylic acids is 1. The van der Waals surface area contributed by atoms with Gasteiger partial charge in [0.2, 0.25) is 5.91 Å². The molecule has 1 heterocycles. The zero-order valence-electron chi connectivity index (χ0n) is 14.3. The standard InChI is InChI=1S/C20H23N3O/c1-14-7-9-16(10-8-14)23-20(2,3)19(24)22-13-15-5-4-6-18-17(15)11-12-21-18/h4-12,21,23H,13H2,1-3H3,(H,22,24). The monoisotopic (exact) mass is 321 g/mol. The third kappa shape index (κ3) is 3.43. The molecule has 24 heavy (non-hydrogen) atoms. The van der Waals surface area contributed by atoms with Gasteiger partial charge in [-0.3, -0.25) is 4.79 Å². The van der Waals surface area contributed by atoms with Gasteiger partial charge in [0.05, 0.1) is 0 Å². The van der Waals surface area contributed by atoms with E-state index in [-0.39, 0.29) is 5.91 Å². The van der Waals surface area contributed by atoms with Crippen LogP contribution in [-0.4, -0.2) is 16.4 Å². The summed E-state index contributed by atoms with van der Waals surface area (Å²) < 4.78 is 0. The lowest BCUT2D eigenvalue weighted by Crippen LogP contribution is -2.47. The zero-order valence-corrected chi connectivity index (χ0v) is 14.3. The number of H-pyrrole nitrogens is 1. The lowest BCUT2D eigenvalue weighted by atomic mass is 10.0.